The molecule has 4 heteroatoms. The van der Waals surface area contributed by atoms with Gasteiger partial charge in [-0.1, -0.05) is 0 Å². The molecule has 4 saturated carbocycles. The first kappa shape index (κ1) is 14.9. The van der Waals surface area contributed by atoms with E-state index in [1.54, 1.807) is 0 Å². The Kier molecular flexibility index (Phi) is 3.93. The Morgan fingerprint density at radius 3 is 2.09 bits per heavy atom. The predicted octanol–water partition coefficient (Wildman–Crippen LogP) is 1.74. The van der Waals surface area contributed by atoms with E-state index in [1.165, 1.54) is 38.5 Å². The number of nitrogens with zero attached hydrogens (tertiary/aromatic N) is 1. The van der Waals surface area contributed by atoms with Crippen molar-refractivity contribution < 1.29 is 4.79 Å². The van der Waals surface area contributed by atoms with E-state index in [0.29, 0.717) is 11.9 Å². The maximum Gasteiger partial charge on any atom is 0.226 e. The number of amides is 1. The van der Waals surface area contributed by atoms with Crippen LogP contribution in [-0.4, -0.2) is 43.0 Å². The van der Waals surface area contributed by atoms with Gasteiger partial charge in [-0.3, -0.25) is 4.79 Å². The van der Waals surface area contributed by atoms with Gasteiger partial charge in [0.1, 0.15) is 0 Å². The van der Waals surface area contributed by atoms with Gasteiger partial charge in [0.05, 0.1) is 0 Å². The average Bonchev–Trinajstić information content (AvgIpc) is 2.48. The maximum atomic E-state index is 13.0. The zero-order chi connectivity index (χ0) is 15.2. The summed E-state index contributed by atoms with van der Waals surface area (Å²) >= 11 is 0. The van der Waals surface area contributed by atoms with Gasteiger partial charge in [0.25, 0.3) is 0 Å². The highest BCUT2D eigenvalue weighted by molar-refractivity contribution is 5.83. The monoisotopic (exact) mass is 305 g/mol. The zero-order valence-electron chi connectivity index (χ0n) is 13.7. The van der Waals surface area contributed by atoms with Crippen LogP contribution in [0.4, 0.5) is 0 Å². The van der Waals surface area contributed by atoms with Gasteiger partial charge in [-0.2, -0.15) is 0 Å². The summed E-state index contributed by atoms with van der Waals surface area (Å²) in [5.41, 5.74) is 5.65. The predicted molar refractivity (Wildman–Crippen MR) is 87.3 cm³/mol. The Hall–Kier alpha value is -0.610. The highest BCUT2D eigenvalue weighted by atomic mass is 16.2. The number of nitrogens with two attached hydrogens (primary N) is 1. The van der Waals surface area contributed by atoms with Crippen LogP contribution in [-0.2, 0) is 4.79 Å². The molecule has 4 aliphatic carbocycles. The molecule has 0 aromatic rings. The molecule has 4 bridgehead atoms. The molecule has 22 heavy (non-hydrogen) atoms. The molecule has 5 fully saturated rings. The van der Waals surface area contributed by atoms with Crippen LogP contribution in [0.5, 0.6) is 0 Å². The average molecular weight is 305 g/mol. The van der Waals surface area contributed by atoms with Gasteiger partial charge < -0.3 is 16.0 Å². The van der Waals surface area contributed by atoms with Gasteiger partial charge in [-0.05, 0) is 69.1 Å². The molecule has 1 amide bonds. The van der Waals surface area contributed by atoms with Gasteiger partial charge in [-0.25, -0.2) is 0 Å². The summed E-state index contributed by atoms with van der Waals surface area (Å²) in [5.74, 6) is 2.96. The fourth-order valence-electron chi connectivity index (χ4n) is 6.21. The Bertz CT molecular complexity index is 393. The molecule has 0 spiro atoms. The molecule has 1 heterocycles. The first-order valence-electron chi connectivity index (χ1n) is 9.40. The minimum atomic E-state index is 0.0170. The molecular weight excluding hydrogens is 274 g/mol. The number of rotatable bonds is 4. The molecular formula is C18H31N3O. The summed E-state index contributed by atoms with van der Waals surface area (Å²) in [5, 5.41) is 3.44. The quantitative estimate of drug-likeness (QED) is 0.832. The lowest BCUT2D eigenvalue weighted by molar-refractivity contribution is -0.147. The lowest BCUT2D eigenvalue weighted by Crippen LogP contribution is -2.56. The number of carbonyl (C=O) groups is 1. The summed E-state index contributed by atoms with van der Waals surface area (Å²) in [6, 6.07) is 0.398. The number of piperidine rings is 1. The summed E-state index contributed by atoms with van der Waals surface area (Å²) < 4.78 is 0. The number of hydrogen-bond acceptors (Lipinski definition) is 3. The topological polar surface area (TPSA) is 58.4 Å². The third-order valence-electron chi connectivity index (χ3n) is 6.89. The van der Waals surface area contributed by atoms with Gasteiger partial charge in [0.2, 0.25) is 5.91 Å². The number of nitrogens with one attached hydrogen (secondary N) is 1. The van der Waals surface area contributed by atoms with Crippen molar-refractivity contribution in [3.63, 3.8) is 0 Å². The van der Waals surface area contributed by atoms with Crippen LogP contribution in [0.2, 0.25) is 0 Å². The lowest BCUT2D eigenvalue weighted by atomic mass is 9.49. The number of carbonyl (C=O) groups excluding carboxylic acids is 1. The third kappa shape index (κ3) is 2.69. The van der Waals surface area contributed by atoms with Crippen LogP contribution in [0, 0.1) is 23.2 Å². The van der Waals surface area contributed by atoms with Gasteiger partial charge >= 0.3 is 0 Å². The van der Waals surface area contributed by atoms with Crippen molar-refractivity contribution >= 4 is 5.91 Å². The van der Waals surface area contributed by atoms with Crippen LogP contribution in [0.3, 0.4) is 0 Å². The molecule has 1 saturated heterocycles. The molecule has 0 unspecified atom stereocenters. The van der Waals surface area contributed by atoms with E-state index in [9.17, 15) is 4.79 Å². The van der Waals surface area contributed by atoms with Crippen LogP contribution in [0.1, 0.15) is 51.4 Å². The summed E-state index contributed by atoms with van der Waals surface area (Å²) in [4.78, 5) is 15.5. The molecule has 5 rings (SSSR count). The van der Waals surface area contributed by atoms with Crippen LogP contribution in [0.25, 0.3) is 0 Å². The number of likely N-dealkylation sites (tertiary alicyclic amines) is 1. The van der Waals surface area contributed by atoms with Gasteiger partial charge in [0.15, 0.2) is 0 Å². The summed E-state index contributed by atoms with van der Waals surface area (Å²) in [6.07, 6.45) is 9.94. The van der Waals surface area contributed by atoms with E-state index >= 15 is 0 Å². The smallest absolute Gasteiger partial charge is 0.226 e. The zero-order valence-corrected chi connectivity index (χ0v) is 13.7. The molecule has 3 N–H and O–H groups in total. The second kappa shape index (κ2) is 5.79. The van der Waals surface area contributed by atoms with E-state index in [1.807, 2.05) is 0 Å². The molecule has 0 radical (unpaired) electrons. The maximum absolute atomic E-state index is 13.0. The SMILES string of the molecule is NCCN1CCC(NC(=O)C23CC4CC(CC(C4)C2)C3)CC1. The van der Waals surface area contributed by atoms with Crippen LogP contribution in [0.15, 0.2) is 0 Å². The van der Waals surface area contributed by atoms with Crippen molar-refractivity contribution in [1.29, 1.82) is 0 Å². The van der Waals surface area contributed by atoms with E-state index in [-0.39, 0.29) is 5.41 Å². The Morgan fingerprint density at radius 2 is 1.59 bits per heavy atom. The van der Waals surface area contributed by atoms with Crippen molar-refractivity contribution in [2.24, 2.45) is 28.9 Å². The first-order chi connectivity index (χ1) is 10.7. The standard InChI is InChI=1S/C18H31N3O/c19-3-6-21-4-1-16(2-5-21)20-17(22)18-10-13-7-14(11-18)9-15(8-13)12-18/h13-16H,1-12,19H2,(H,20,22). The van der Waals surface area contributed by atoms with Crippen LogP contribution >= 0.6 is 0 Å². The molecule has 1 aliphatic heterocycles. The fourth-order valence-corrected chi connectivity index (χ4v) is 6.21. The van der Waals surface area contributed by atoms with Gasteiger partial charge in [-0.15, -0.1) is 0 Å². The van der Waals surface area contributed by atoms with Crippen molar-refractivity contribution in [3.05, 3.63) is 0 Å². The number of hydrogen-bond donors (Lipinski definition) is 2. The van der Waals surface area contributed by atoms with E-state index in [2.05, 4.69) is 10.2 Å². The van der Waals surface area contributed by atoms with Crippen molar-refractivity contribution in [2.45, 2.75) is 57.4 Å². The second-order valence-electron chi connectivity index (χ2n) is 8.58. The highest BCUT2D eigenvalue weighted by Crippen LogP contribution is 2.60. The Balaban J connectivity index is 1.35. The van der Waals surface area contributed by atoms with Crippen LogP contribution < -0.4 is 11.1 Å². The van der Waals surface area contributed by atoms with Crippen molar-refractivity contribution in [1.82, 2.24) is 10.2 Å². The highest BCUT2D eigenvalue weighted by Gasteiger charge is 2.54. The largest absolute Gasteiger partial charge is 0.353 e. The minimum absolute atomic E-state index is 0.0170. The molecule has 5 aliphatic rings. The van der Waals surface area contributed by atoms with E-state index in [0.717, 1.165) is 56.8 Å². The Labute approximate surface area is 134 Å². The van der Waals surface area contributed by atoms with Crippen molar-refractivity contribution in [3.8, 4) is 0 Å². The van der Waals surface area contributed by atoms with Crippen molar-refractivity contribution in [2.75, 3.05) is 26.2 Å². The summed E-state index contributed by atoms with van der Waals surface area (Å²) in [7, 11) is 0. The third-order valence-corrected chi connectivity index (χ3v) is 6.89. The summed E-state index contributed by atoms with van der Waals surface area (Å²) in [6.45, 7) is 3.91. The molecule has 4 nitrogen and oxygen atoms in total. The minimum Gasteiger partial charge on any atom is -0.353 e. The molecule has 124 valence electrons. The second-order valence-corrected chi connectivity index (χ2v) is 8.58. The molecule has 0 atom stereocenters. The van der Waals surface area contributed by atoms with E-state index in [4.69, 9.17) is 5.73 Å². The normalized spacial score (nSPS) is 41.8. The van der Waals surface area contributed by atoms with E-state index < -0.39 is 0 Å². The molecule has 0 aromatic heterocycles. The molecule has 0 aromatic carbocycles. The Morgan fingerprint density at radius 1 is 1.05 bits per heavy atom. The first-order valence-corrected chi connectivity index (χ1v) is 9.40. The lowest BCUT2D eigenvalue weighted by Gasteiger charge is -2.56. The van der Waals surface area contributed by atoms with Gasteiger partial charge in [0, 0.05) is 37.6 Å². The fraction of sp³-hybridized carbons (Fsp3) is 0.944.